The van der Waals surface area contributed by atoms with Crippen LogP contribution in [0.25, 0.3) is 0 Å². The number of methoxy groups -OCH3 is 1. The Labute approximate surface area is 126 Å². The first-order chi connectivity index (χ1) is 9.52. The smallest absolute Gasteiger partial charge is 0.259 e. The summed E-state index contributed by atoms with van der Waals surface area (Å²) >= 11 is 11.9. The second-order valence-corrected chi connectivity index (χ2v) is 4.89. The Kier molecular flexibility index (Phi) is 4.47. The normalized spacial score (nSPS) is 10.2. The molecule has 2 rings (SSSR count). The van der Waals surface area contributed by atoms with Crippen molar-refractivity contribution >= 4 is 34.8 Å². The number of amides is 1. The average molecular weight is 311 g/mol. The van der Waals surface area contributed by atoms with Crippen LogP contribution in [0.15, 0.2) is 30.5 Å². The molecule has 1 amide bonds. The molecule has 0 saturated heterocycles. The van der Waals surface area contributed by atoms with E-state index in [2.05, 4.69) is 10.3 Å². The van der Waals surface area contributed by atoms with E-state index in [0.29, 0.717) is 22.0 Å². The summed E-state index contributed by atoms with van der Waals surface area (Å²) in [4.78, 5) is 16.3. The maximum atomic E-state index is 12.3. The molecule has 0 bridgehead atoms. The largest absolute Gasteiger partial charge is 0.496 e. The standard InChI is InChI=1S/C14H12Cl2N2O2/c1-8-5-6-17-13(16)12(8)18-14(19)10-7-9(15)3-4-11(10)20-2/h3-7H,1-2H3,(H,18,19). The van der Waals surface area contributed by atoms with Crippen molar-refractivity contribution in [1.82, 2.24) is 4.98 Å². The molecule has 0 aliphatic carbocycles. The SMILES string of the molecule is COc1ccc(Cl)cc1C(=O)Nc1c(C)ccnc1Cl. The Morgan fingerprint density at radius 3 is 2.70 bits per heavy atom. The van der Waals surface area contributed by atoms with Gasteiger partial charge < -0.3 is 10.1 Å². The molecule has 6 heteroatoms. The molecule has 0 saturated carbocycles. The third kappa shape index (κ3) is 3.03. The number of nitrogens with zero attached hydrogens (tertiary/aromatic N) is 1. The van der Waals surface area contributed by atoms with Gasteiger partial charge in [0, 0.05) is 11.2 Å². The highest BCUT2D eigenvalue weighted by Crippen LogP contribution is 2.27. The molecule has 0 unspecified atom stereocenters. The van der Waals surface area contributed by atoms with Crippen molar-refractivity contribution in [2.24, 2.45) is 0 Å². The van der Waals surface area contributed by atoms with Crippen LogP contribution in [-0.2, 0) is 0 Å². The summed E-state index contributed by atoms with van der Waals surface area (Å²) in [5.41, 5.74) is 1.62. The van der Waals surface area contributed by atoms with Crippen molar-refractivity contribution in [3.63, 3.8) is 0 Å². The lowest BCUT2D eigenvalue weighted by Gasteiger charge is -2.12. The highest BCUT2D eigenvalue weighted by molar-refractivity contribution is 6.33. The Hall–Kier alpha value is -1.78. The number of aryl methyl sites for hydroxylation is 1. The fraction of sp³-hybridized carbons (Fsp3) is 0.143. The fourth-order valence-corrected chi connectivity index (χ4v) is 2.14. The van der Waals surface area contributed by atoms with Gasteiger partial charge in [-0.1, -0.05) is 23.2 Å². The monoisotopic (exact) mass is 310 g/mol. The number of hydrogen-bond acceptors (Lipinski definition) is 3. The van der Waals surface area contributed by atoms with E-state index in [4.69, 9.17) is 27.9 Å². The van der Waals surface area contributed by atoms with Gasteiger partial charge in [0.15, 0.2) is 5.15 Å². The first-order valence-electron chi connectivity index (χ1n) is 5.79. The van der Waals surface area contributed by atoms with Crippen LogP contribution in [-0.4, -0.2) is 18.0 Å². The zero-order valence-corrected chi connectivity index (χ0v) is 12.4. The summed E-state index contributed by atoms with van der Waals surface area (Å²) in [5.74, 6) is 0.0758. The number of rotatable bonds is 3. The Morgan fingerprint density at radius 1 is 1.30 bits per heavy atom. The molecular formula is C14H12Cl2N2O2. The van der Waals surface area contributed by atoms with Gasteiger partial charge >= 0.3 is 0 Å². The predicted molar refractivity (Wildman–Crippen MR) is 79.9 cm³/mol. The number of aromatic nitrogens is 1. The van der Waals surface area contributed by atoms with Crippen molar-refractivity contribution in [2.45, 2.75) is 6.92 Å². The highest BCUT2D eigenvalue weighted by atomic mass is 35.5. The molecule has 0 fully saturated rings. The Morgan fingerprint density at radius 2 is 2.05 bits per heavy atom. The predicted octanol–water partition coefficient (Wildman–Crippen LogP) is 3.96. The number of carbonyl (C=O) groups is 1. The molecule has 1 heterocycles. The van der Waals surface area contributed by atoms with E-state index in [1.165, 1.54) is 13.2 Å². The van der Waals surface area contributed by atoms with Crippen molar-refractivity contribution in [1.29, 1.82) is 0 Å². The van der Waals surface area contributed by atoms with E-state index >= 15 is 0 Å². The first-order valence-corrected chi connectivity index (χ1v) is 6.54. The maximum Gasteiger partial charge on any atom is 0.259 e. The number of pyridine rings is 1. The second-order valence-electron chi connectivity index (χ2n) is 4.09. The summed E-state index contributed by atoms with van der Waals surface area (Å²) in [6, 6.07) is 6.58. The number of ether oxygens (including phenoxy) is 1. The molecule has 104 valence electrons. The lowest BCUT2D eigenvalue weighted by Crippen LogP contribution is -2.14. The summed E-state index contributed by atoms with van der Waals surface area (Å²) in [5, 5.41) is 3.41. The first kappa shape index (κ1) is 14.6. The molecule has 4 nitrogen and oxygen atoms in total. The zero-order chi connectivity index (χ0) is 14.7. The number of hydrogen-bond donors (Lipinski definition) is 1. The van der Waals surface area contributed by atoms with E-state index in [9.17, 15) is 4.79 Å². The number of carbonyl (C=O) groups excluding carboxylic acids is 1. The number of benzene rings is 1. The summed E-state index contributed by atoms with van der Waals surface area (Å²) in [6.45, 7) is 1.83. The maximum absolute atomic E-state index is 12.3. The molecule has 0 aliphatic heterocycles. The summed E-state index contributed by atoms with van der Waals surface area (Å²) in [7, 11) is 1.49. The van der Waals surface area contributed by atoms with Crippen LogP contribution in [0.3, 0.4) is 0 Å². The van der Waals surface area contributed by atoms with Crippen molar-refractivity contribution in [3.05, 3.63) is 51.8 Å². The Balaban J connectivity index is 2.35. The molecule has 1 aromatic heterocycles. The minimum Gasteiger partial charge on any atom is -0.496 e. The number of nitrogens with one attached hydrogen (secondary N) is 1. The van der Waals surface area contributed by atoms with Gasteiger partial charge in [0.2, 0.25) is 0 Å². The molecule has 20 heavy (non-hydrogen) atoms. The van der Waals surface area contributed by atoms with Gasteiger partial charge in [-0.3, -0.25) is 4.79 Å². The number of halogens is 2. The average Bonchev–Trinajstić information content (AvgIpc) is 2.43. The molecule has 0 spiro atoms. The Bertz CT molecular complexity index is 639. The fourth-order valence-electron chi connectivity index (χ4n) is 1.71. The summed E-state index contributed by atoms with van der Waals surface area (Å²) in [6.07, 6.45) is 1.58. The van der Waals surface area contributed by atoms with E-state index < -0.39 is 0 Å². The van der Waals surface area contributed by atoms with E-state index in [0.717, 1.165) is 5.56 Å². The third-order valence-electron chi connectivity index (χ3n) is 2.76. The van der Waals surface area contributed by atoms with Crippen LogP contribution in [0.4, 0.5) is 5.69 Å². The summed E-state index contributed by atoms with van der Waals surface area (Å²) < 4.78 is 5.15. The lowest BCUT2D eigenvalue weighted by molar-refractivity contribution is 0.102. The van der Waals surface area contributed by atoms with Crippen molar-refractivity contribution in [2.75, 3.05) is 12.4 Å². The minimum atomic E-state index is -0.359. The van der Waals surface area contributed by atoms with Gasteiger partial charge in [-0.2, -0.15) is 0 Å². The van der Waals surface area contributed by atoms with Gasteiger partial charge in [0.1, 0.15) is 5.75 Å². The van der Waals surface area contributed by atoms with Crippen LogP contribution >= 0.6 is 23.2 Å². The van der Waals surface area contributed by atoms with Gasteiger partial charge in [0.25, 0.3) is 5.91 Å². The second kappa shape index (κ2) is 6.11. The quantitative estimate of drug-likeness (QED) is 0.873. The molecule has 1 N–H and O–H groups in total. The molecule has 1 aromatic carbocycles. The van der Waals surface area contributed by atoms with Crippen LogP contribution in [0.1, 0.15) is 15.9 Å². The van der Waals surface area contributed by atoms with E-state index in [1.54, 1.807) is 24.4 Å². The molecular weight excluding hydrogens is 299 g/mol. The molecule has 0 atom stereocenters. The van der Waals surface area contributed by atoms with E-state index in [1.807, 2.05) is 6.92 Å². The van der Waals surface area contributed by atoms with Crippen LogP contribution in [0.2, 0.25) is 10.2 Å². The van der Waals surface area contributed by atoms with Gasteiger partial charge in [-0.15, -0.1) is 0 Å². The lowest BCUT2D eigenvalue weighted by atomic mass is 10.1. The van der Waals surface area contributed by atoms with Gasteiger partial charge in [0.05, 0.1) is 18.4 Å². The zero-order valence-electron chi connectivity index (χ0n) is 10.9. The molecule has 2 aromatic rings. The van der Waals surface area contributed by atoms with Crippen LogP contribution < -0.4 is 10.1 Å². The molecule has 0 aliphatic rings. The van der Waals surface area contributed by atoms with E-state index in [-0.39, 0.29) is 11.1 Å². The van der Waals surface area contributed by atoms with Crippen molar-refractivity contribution < 1.29 is 9.53 Å². The highest BCUT2D eigenvalue weighted by Gasteiger charge is 2.15. The van der Waals surface area contributed by atoms with Crippen molar-refractivity contribution in [3.8, 4) is 5.75 Å². The van der Waals surface area contributed by atoms with Gasteiger partial charge in [-0.05, 0) is 36.8 Å². The molecule has 0 radical (unpaired) electrons. The third-order valence-corrected chi connectivity index (χ3v) is 3.28. The topological polar surface area (TPSA) is 51.2 Å². The van der Waals surface area contributed by atoms with Crippen LogP contribution in [0.5, 0.6) is 5.75 Å². The minimum absolute atomic E-state index is 0.236. The van der Waals surface area contributed by atoms with Gasteiger partial charge in [-0.25, -0.2) is 4.98 Å². The van der Waals surface area contributed by atoms with Crippen LogP contribution in [0, 0.1) is 6.92 Å². The number of anilines is 1.